The quantitative estimate of drug-likeness (QED) is 0.645. The van der Waals surface area contributed by atoms with Crippen molar-refractivity contribution < 1.29 is 4.74 Å². The Kier molecular flexibility index (Phi) is 12.0. The van der Waals surface area contributed by atoms with Gasteiger partial charge in [0.25, 0.3) is 0 Å². The maximum Gasteiger partial charge on any atom is 0.124 e. The van der Waals surface area contributed by atoms with E-state index < -0.39 is 0 Å². The minimum Gasteiger partial charge on any atom is -0.494 e. The number of benzene rings is 1. The normalized spacial score (nSPS) is 15.9. The molecule has 1 heterocycles. The molecule has 3 nitrogen and oxygen atoms in total. The van der Waals surface area contributed by atoms with Crippen LogP contribution in [0.2, 0.25) is 0 Å². The zero-order valence-corrected chi connectivity index (χ0v) is 16.8. The molecule has 1 N–H and O–H groups in total. The largest absolute Gasteiger partial charge is 0.494 e. The molecule has 23 heavy (non-hydrogen) atoms. The number of piperazine rings is 1. The van der Waals surface area contributed by atoms with E-state index in [1.807, 2.05) is 13.0 Å². The Morgan fingerprint density at radius 2 is 2.04 bits per heavy atom. The standard InChI is InChI=1S/C17H25BrN2O.2ClH/c1-3-5-6-16(20-11-9-19-10-12-20)15-13-14(18)7-8-17(15)21-4-2;;/h3,7-8,13,16,19H,1,4-6,9-12H2,2H3;2*1H/t16-;;/m0../s1. The lowest BCUT2D eigenvalue weighted by atomic mass is 9.98. The first-order chi connectivity index (χ1) is 10.3. The first kappa shape index (κ1) is 22.7. The fourth-order valence-corrected chi connectivity index (χ4v) is 3.25. The molecule has 1 aliphatic rings. The number of hydrogen-bond acceptors (Lipinski definition) is 3. The van der Waals surface area contributed by atoms with E-state index in [-0.39, 0.29) is 24.8 Å². The second-order valence-electron chi connectivity index (χ2n) is 5.28. The van der Waals surface area contributed by atoms with E-state index in [9.17, 15) is 0 Å². The van der Waals surface area contributed by atoms with Crippen molar-refractivity contribution >= 4 is 40.7 Å². The Morgan fingerprint density at radius 3 is 2.65 bits per heavy atom. The molecule has 0 aromatic heterocycles. The fraction of sp³-hybridized carbons (Fsp3) is 0.529. The summed E-state index contributed by atoms with van der Waals surface area (Å²) in [5.74, 6) is 1.01. The van der Waals surface area contributed by atoms with Crippen LogP contribution >= 0.6 is 40.7 Å². The van der Waals surface area contributed by atoms with Gasteiger partial charge in [-0.25, -0.2) is 0 Å². The molecule has 0 unspecified atom stereocenters. The van der Waals surface area contributed by atoms with Crippen molar-refractivity contribution in [2.75, 3.05) is 32.8 Å². The van der Waals surface area contributed by atoms with Gasteiger partial charge >= 0.3 is 0 Å². The van der Waals surface area contributed by atoms with Gasteiger partial charge in [-0.1, -0.05) is 22.0 Å². The third-order valence-electron chi connectivity index (χ3n) is 3.87. The molecule has 2 rings (SSSR count). The molecule has 0 radical (unpaired) electrons. The lowest BCUT2D eigenvalue weighted by Crippen LogP contribution is -2.45. The van der Waals surface area contributed by atoms with Crippen molar-refractivity contribution in [3.63, 3.8) is 0 Å². The molecule has 1 fully saturated rings. The van der Waals surface area contributed by atoms with Gasteiger partial charge in [0.2, 0.25) is 0 Å². The van der Waals surface area contributed by atoms with Crippen molar-refractivity contribution in [3.8, 4) is 5.75 Å². The number of hydrogen-bond donors (Lipinski definition) is 1. The summed E-state index contributed by atoms with van der Waals surface area (Å²) in [5.41, 5.74) is 1.29. The molecule has 132 valence electrons. The summed E-state index contributed by atoms with van der Waals surface area (Å²) in [4.78, 5) is 2.56. The minimum absolute atomic E-state index is 0. The van der Waals surface area contributed by atoms with E-state index in [1.165, 1.54) is 5.56 Å². The van der Waals surface area contributed by atoms with Gasteiger partial charge in [0.15, 0.2) is 0 Å². The zero-order valence-electron chi connectivity index (χ0n) is 13.6. The van der Waals surface area contributed by atoms with Crippen LogP contribution in [-0.4, -0.2) is 37.7 Å². The fourth-order valence-electron chi connectivity index (χ4n) is 2.87. The highest BCUT2D eigenvalue weighted by molar-refractivity contribution is 9.10. The molecule has 1 saturated heterocycles. The van der Waals surface area contributed by atoms with Gasteiger partial charge in [0.1, 0.15) is 5.75 Å². The molecule has 0 bridgehead atoms. The average molecular weight is 426 g/mol. The second kappa shape index (κ2) is 12.2. The van der Waals surface area contributed by atoms with Crippen LogP contribution in [0.3, 0.4) is 0 Å². The average Bonchev–Trinajstić information content (AvgIpc) is 2.51. The number of nitrogens with zero attached hydrogens (tertiary/aromatic N) is 1. The minimum atomic E-state index is 0. The lowest BCUT2D eigenvalue weighted by molar-refractivity contribution is 0.162. The number of nitrogens with one attached hydrogen (secondary N) is 1. The maximum absolute atomic E-state index is 5.85. The highest BCUT2D eigenvalue weighted by Gasteiger charge is 2.24. The molecule has 0 spiro atoms. The van der Waals surface area contributed by atoms with Gasteiger partial charge < -0.3 is 10.1 Å². The molecule has 1 atom stereocenters. The molecule has 6 heteroatoms. The van der Waals surface area contributed by atoms with Crippen molar-refractivity contribution in [2.45, 2.75) is 25.8 Å². The summed E-state index contributed by atoms with van der Waals surface area (Å²) in [6, 6.07) is 6.73. The van der Waals surface area contributed by atoms with Crippen LogP contribution < -0.4 is 10.1 Å². The summed E-state index contributed by atoms with van der Waals surface area (Å²) in [6.45, 7) is 10.9. The van der Waals surface area contributed by atoms with E-state index >= 15 is 0 Å². The number of rotatable bonds is 7. The Morgan fingerprint density at radius 1 is 1.35 bits per heavy atom. The van der Waals surface area contributed by atoms with Crippen LogP contribution in [-0.2, 0) is 0 Å². The molecular weight excluding hydrogens is 399 g/mol. The molecule has 0 aliphatic carbocycles. The summed E-state index contributed by atoms with van der Waals surface area (Å²) in [6.07, 6.45) is 4.11. The summed E-state index contributed by atoms with van der Waals surface area (Å²) in [5, 5.41) is 3.43. The summed E-state index contributed by atoms with van der Waals surface area (Å²) in [7, 11) is 0. The van der Waals surface area contributed by atoms with Crippen molar-refractivity contribution in [2.24, 2.45) is 0 Å². The molecule has 0 amide bonds. The van der Waals surface area contributed by atoms with E-state index in [0.29, 0.717) is 12.6 Å². The van der Waals surface area contributed by atoms with Gasteiger partial charge in [0, 0.05) is 42.3 Å². The Labute approximate surface area is 160 Å². The number of allylic oxidation sites excluding steroid dienone is 1. The molecular formula is C17H27BrCl2N2O. The van der Waals surface area contributed by atoms with Crippen LogP contribution in [0.15, 0.2) is 35.3 Å². The zero-order chi connectivity index (χ0) is 15.1. The molecule has 1 aliphatic heterocycles. The first-order valence-electron chi connectivity index (χ1n) is 7.74. The Balaban J connectivity index is 0.00000242. The summed E-state index contributed by atoms with van der Waals surface area (Å²) >= 11 is 3.60. The van der Waals surface area contributed by atoms with Crippen molar-refractivity contribution in [1.29, 1.82) is 0 Å². The molecule has 0 saturated carbocycles. The van der Waals surface area contributed by atoms with Gasteiger partial charge in [0.05, 0.1) is 6.61 Å². The van der Waals surface area contributed by atoms with E-state index in [2.05, 4.69) is 50.9 Å². The van der Waals surface area contributed by atoms with Crippen molar-refractivity contribution in [3.05, 3.63) is 40.9 Å². The van der Waals surface area contributed by atoms with Crippen molar-refractivity contribution in [1.82, 2.24) is 10.2 Å². The topological polar surface area (TPSA) is 24.5 Å². The lowest BCUT2D eigenvalue weighted by Gasteiger charge is -2.36. The van der Waals surface area contributed by atoms with Gasteiger partial charge in [-0.15, -0.1) is 31.4 Å². The predicted octanol–water partition coefficient (Wildman–Crippen LogP) is 4.60. The van der Waals surface area contributed by atoms with Gasteiger partial charge in [-0.3, -0.25) is 4.90 Å². The Bertz CT molecular complexity index is 468. The third kappa shape index (κ3) is 6.63. The second-order valence-corrected chi connectivity index (χ2v) is 6.20. The summed E-state index contributed by atoms with van der Waals surface area (Å²) < 4.78 is 6.97. The molecule has 1 aromatic carbocycles. The number of ether oxygens (including phenoxy) is 1. The number of halogens is 3. The maximum atomic E-state index is 5.85. The van der Waals surface area contributed by atoms with Crippen LogP contribution in [0.5, 0.6) is 5.75 Å². The van der Waals surface area contributed by atoms with E-state index in [1.54, 1.807) is 0 Å². The Hall–Kier alpha value is -0.260. The molecule has 1 aromatic rings. The first-order valence-corrected chi connectivity index (χ1v) is 8.53. The predicted molar refractivity (Wildman–Crippen MR) is 106 cm³/mol. The third-order valence-corrected chi connectivity index (χ3v) is 4.36. The van der Waals surface area contributed by atoms with Gasteiger partial charge in [-0.05, 0) is 38.0 Å². The van der Waals surface area contributed by atoms with Gasteiger partial charge in [-0.2, -0.15) is 0 Å². The van der Waals surface area contributed by atoms with E-state index in [0.717, 1.165) is 49.2 Å². The van der Waals surface area contributed by atoms with Crippen LogP contribution in [0.4, 0.5) is 0 Å². The van der Waals surface area contributed by atoms with Crippen LogP contribution in [0, 0.1) is 0 Å². The van der Waals surface area contributed by atoms with Crippen LogP contribution in [0.1, 0.15) is 31.4 Å². The highest BCUT2D eigenvalue weighted by atomic mass is 79.9. The monoisotopic (exact) mass is 424 g/mol. The van der Waals surface area contributed by atoms with E-state index in [4.69, 9.17) is 4.74 Å². The SMILES string of the molecule is C=CCC[C@@H](c1cc(Br)ccc1OCC)N1CCNCC1.Cl.Cl. The smallest absolute Gasteiger partial charge is 0.124 e. The van der Waals surface area contributed by atoms with Crippen LogP contribution in [0.25, 0.3) is 0 Å². The highest BCUT2D eigenvalue weighted by Crippen LogP contribution is 2.35.